The second kappa shape index (κ2) is 4.35. The number of hydrogen-bond donors (Lipinski definition) is 1. The molecule has 2 rings (SSSR count). The van der Waals surface area contributed by atoms with Crippen LogP contribution in [0.1, 0.15) is 12.5 Å². The molecule has 4 nitrogen and oxygen atoms in total. The summed E-state index contributed by atoms with van der Waals surface area (Å²) in [6.07, 6.45) is 0.418. The van der Waals surface area contributed by atoms with E-state index >= 15 is 0 Å². The van der Waals surface area contributed by atoms with Gasteiger partial charge in [0.05, 0.1) is 6.61 Å². The van der Waals surface area contributed by atoms with Gasteiger partial charge in [-0.3, -0.25) is 9.59 Å². The minimum atomic E-state index is -0.713. The number of carbonyl (C=O) groups is 2. The summed E-state index contributed by atoms with van der Waals surface area (Å²) >= 11 is 0. The fourth-order valence-corrected chi connectivity index (χ4v) is 1.79. The molecule has 0 saturated heterocycles. The van der Waals surface area contributed by atoms with Gasteiger partial charge in [0.25, 0.3) is 0 Å². The second-order valence-electron chi connectivity index (χ2n) is 3.66. The van der Waals surface area contributed by atoms with E-state index in [1.807, 2.05) is 24.3 Å². The number of ether oxygens (including phenoxy) is 1. The maximum Gasteiger partial charge on any atom is 0.318 e. The molecule has 0 saturated carbocycles. The Morgan fingerprint density at radius 3 is 3.00 bits per heavy atom. The third kappa shape index (κ3) is 1.91. The lowest BCUT2D eigenvalue weighted by Crippen LogP contribution is -2.36. The Bertz CT molecular complexity index is 428. The standard InChI is InChI=1S/C12H13NO3/c1-2-16-12(15)9-7-8-5-3-4-6-10(8)13-11(9)14/h3-6,9H,2,7H2,1H3,(H,13,14). The number of fused-ring (bicyclic) bond motifs is 1. The Morgan fingerprint density at radius 2 is 2.25 bits per heavy atom. The summed E-state index contributed by atoms with van der Waals surface area (Å²) in [6.45, 7) is 2.02. The van der Waals surface area contributed by atoms with Crippen LogP contribution in [0.25, 0.3) is 0 Å². The van der Waals surface area contributed by atoms with Gasteiger partial charge in [0, 0.05) is 5.69 Å². The first-order valence-electron chi connectivity index (χ1n) is 5.27. The van der Waals surface area contributed by atoms with Crippen molar-refractivity contribution in [2.24, 2.45) is 5.92 Å². The number of nitrogens with one attached hydrogen (secondary N) is 1. The van der Waals surface area contributed by atoms with E-state index in [1.54, 1.807) is 6.92 Å². The fraction of sp³-hybridized carbons (Fsp3) is 0.333. The Morgan fingerprint density at radius 1 is 1.50 bits per heavy atom. The Hall–Kier alpha value is -1.84. The predicted octanol–water partition coefficient (Wildman–Crippen LogP) is 1.36. The third-order valence-electron chi connectivity index (χ3n) is 2.59. The number of benzene rings is 1. The molecule has 1 aromatic rings. The van der Waals surface area contributed by atoms with Gasteiger partial charge in [0.2, 0.25) is 5.91 Å². The van der Waals surface area contributed by atoms with Gasteiger partial charge in [0.15, 0.2) is 0 Å². The zero-order valence-corrected chi connectivity index (χ0v) is 9.03. The minimum Gasteiger partial charge on any atom is -0.465 e. The summed E-state index contributed by atoms with van der Waals surface area (Å²) in [5.74, 6) is -1.44. The summed E-state index contributed by atoms with van der Waals surface area (Å²) in [4.78, 5) is 23.2. The molecule has 1 aliphatic heterocycles. The van der Waals surface area contributed by atoms with Crippen LogP contribution >= 0.6 is 0 Å². The van der Waals surface area contributed by atoms with Crippen molar-refractivity contribution < 1.29 is 14.3 Å². The van der Waals surface area contributed by atoms with Gasteiger partial charge in [-0.25, -0.2) is 0 Å². The van der Waals surface area contributed by atoms with Gasteiger partial charge in [-0.1, -0.05) is 18.2 Å². The Balaban J connectivity index is 2.21. The third-order valence-corrected chi connectivity index (χ3v) is 2.59. The van der Waals surface area contributed by atoms with Gasteiger partial charge < -0.3 is 10.1 Å². The lowest BCUT2D eigenvalue weighted by molar-refractivity contribution is -0.151. The first-order chi connectivity index (χ1) is 7.72. The highest BCUT2D eigenvalue weighted by Gasteiger charge is 2.32. The first-order valence-corrected chi connectivity index (χ1v) is 5.27. The van der Waals surface area contributed by atoms with Crippen LogP contribution in [0, 0.1) is 5.92 Å². The van der Waals surface area contributed by atoms with Crippen molar-refractivity contribution in [3.63, 3.8) is 0 Å². The zero-order chi connectivity index (χ0) is 11.5. The molecule has 84 valence electrons. The Labute approximate surface area is 93.6 Å². The topological polar surface area (TPSA) is 55.4 Å². The van der Waals surface area contributed by atoms with E-state index in [1.165, 1.54) is 0 Å². The molecular formula is C12H13NO3. The van der Waals surface area contributed by atoms with Crippen molar-refractivity contribution in [1.29, 1.82) is 0 Å². The molecule has 0 bridgehead atoms. The van der Waals surface area contributed by atoms with E-state index in [2.05, 4.69) is 5.32 Å². The van der Waals surface area contributed by atoms with Crippen molar-refractivity contribution in [2.75, 3.05) is 11.9 Å². The predicted molar refractivity (Wildman–Crippen MR) is 58.9 cm³/mol. The van der Waals surface area contributed by atoms with Gasteiger partial charge in [-0.05, 0) is 25.0 Å². The van der Waals surface area contributed by atoms with Crippen LogP contribution in [0.5, 0.6) is 0 Å². The molecule has 0 fully saturated rings. The second-order valence-corrected chi connectivity index (χ2v) is 3.66. The summed E-state index contributed by atoms with van der Waals surface area (Å²) in [5, 5.41) is 2.71. The van der Waals surface area contributed by atoms with E-state index in [0.29, 0.717) is 13.0 Å². The molecular weight excluding hydrogens is 206 g/mol. The normalized spacial score (nSPS) is 18.6. The Kier molecular flexibility index (Phi) is 2.90. The quantitative estimate of drug-likeness (QED) is 0.603. The van der Waals surface area contributed by atoms with Crippen LogP contribution in [0.15, 0.2) is 24.3 Å². The molecule has 1 atom stereocenters. The van der Waals surface area contributed by atoms with E-state index in [-0.39, 0.29) is 5.91 Å². The molecule has 1 N–H and O–H groups in total. The molecule has 1 aromatic carbocycles. The minimum absolute atomic E-state index is 0.280. The number of hydrogen-bond acceptors (Lipinski definition) is 3. The summed E-state index contributed by atoms with van der Waals surface area (Å²) < 4.78 is 4.87. The average molecular weight is 219 g/mol. The van der Waals surface area contributed by atoms with Crippen LogP contribution < -0.4 is 5.32 Å². The molecule has 1 aliphatic rings. The fourth-order valence-electron chi connectivity index (χ4n) is 1.79. The van der Waals surface area contributed by atoms with Crippen LogP contribution in [0.3, 0.4) is 0 Å². The molecule has 1 unspecified atom stereocenters. The van der Waals surface area contributed by atoms with Crippen LogP contribution in [0.4, 0.5) is 5.69 Å². The van der Waals surface area contributed by atoms with Gasteiger partial charge >= 0.3 is 5.97 Å². The number of para-hydroxylation sites is 1. The van der Waals surface area contributed by atoms with E-state index in [9.17, 15) is 9.59 Å². The van der Waals surface area contributed by atoms with Crippen LogP contribution in [-0.2, 0) is 20.7 Å². The molecule has 0 aromatic heterocycles. The number of anilines is 1. The van der Waals surface area contributed by atoms with Crippen molar-refractivity contribution in [3.05, 3.63) is 29.8 Å². The molecule has 0 spiro atoms. The van der Waals surface area contributed by atoms with E-state index in [4.69, 9.17) is 4.74 Å². The molecule has 0 radical (unpaired) electrons. The smallest absolute Gasteiger partial charge is 0.318 e. The number of amides is 1. The van der Waals surface area contributed by atoms with Gasteiger partial charge in [-0.2, -0.15) is 0 Å². The molecule has 1 heterocycles. The number of carbonyl (C=O) groups excluding carboxylic acids is 2. The van der Waals surface area contributed by atoms with Gasteiger partial charge in [0.1, 0.15) is 5.92 Å². The first kappa shape index (κ1) is 10.7. The lowest BCUT2D eigenvalue weighted by atomic mass is 9.93. The van der Waals surface area contributed by atoms with E-state index in [0.717, 1.165) is 11.3 Å². The van der Waals surface area contributed by atoms with Crippen LogP contribution in [0.2, 0.25) is 0 Å². The monoisotopic (exact) mass is 219 g/mol. The summed E-state index contributed by atoms with van der Waals surface area (Å²) in [7, 11) is 0. The van der Waals surface area contributed by atoms with Gasteiger partial charge in [-0.15, -0.1) is 0 Å². The summed E-state index contributed by atoms with van der Waals surface area (Å²) in [6, 6.07) is 7.47. The highest BCUT2D eigenvalue weighted by molar-refractivity contribution is 6.07. The number of esters is 1. The molecule has 1 amide bonds. The summed E-state index contributed by atoms with van der Waals surface area (Å²) in [5.41, 5.74) is 1.76. The molecule has 16 heavy (non-hydrogen) atoms. The maximum absolute atomic E-state index is 11.7. The largest absolute Gasteiger partial charge is 0.465 e. The van der Waals surface area contributed by atoms with Crippen molar-refractivity contribution >= 4 is 17.6 Å². The SMILES string of the molecule is CCOC(=O)C1Cc2ccccc2NC1=O. The van der Waals surface area contributed by atoms with E-state index < -0.39 is 11.9 Å². The van der Waals surface area contributed by atoms with Crippen molar-refractivity contribution in [1.82, 2.24) is 0 Å². The highest BCUT2D eigenvalue weighted by Crippen LogP contribution is 2.25. The van der Waals surface area contributed by atoms with Crippen LogP contribution in [-0.4, -0.2) is 18.5 Å². The zero-order valence-electron chi connectivity index (χ0n) is 9.03. The lowest BCUT2D eigenvalue weighted by Gasteiger charge is -2.22. The highest BCUT2D eigenvalue weighted by atomic mass is 16.5. The maximum atomic E-state index is 11.7. The van der Waals surface area contributed by atoms with Crippen molar-refractivity contribution in [2.45, 2.75) is 13.3 Å². The molecule has 0 aliphatic carbocycles. The molecule has 4 heteroatoms. The average Bonchev–Trinajstić information content (AvgIpc) is 2.28. The van der Waals surface area contributed by atoms with Crippen molar-refractivity contribution in [3.8, 4) is 0 Å². The number of rotatable bonds is 2.